The monoisotopic (exact) mass is 1060 g/mol. The number of alkyl carbamates (subject to hydrolysis) is 2. The molecular weight excluding hydrogens is 981 g/mol. The van der Waals surface area contributed by atoms with Crippen molar-refractivity contribution in [1.82, 2.24) is 60.4 Å². The van der Waals surface area contributed by atoms with Crippen molar-refractivity contribution in [3.63, 3.8) is 0 Å². The number of aromatic nitrogens is 6. The minimum atomic E-state index is -1.06. The summed E-state index contributed by atoms with van der Waals surface area (Å²) in [6.07, 6.45) is 19.9. The fourth-order valence-electron chi connectivity index (χ4n) is 11.8. The second-order valence-corrected chi connectivity index (χ2v) is 20.5. The number of benzene rings is 1. The fraction of sp³-hybridized carbons (Fsp3) is 0.526. The van der Waals surface area contributed by atoms with Gasteiger partial charge in [-0.2, -0.15) is 0 Å². The minimum absolute atomic E-state index is 0.189. The van der Waals surface area contributed by atoms with Crippen LogP contribution in [0.3, 0.4) is 0 Å². The third kappa shape index (κ3) is 11.7. The van der Waals surface area contributed by atoms with Crippen LogP contribution in [0.2, 0.25) is 0 Å². The van der Waals surface area contributed by atoms with Crippen molar-refractivity contribution in [3.05, 3.63) is 72.8 Å². The molecule has 1 aromatic carbocycles. The van der Waals surface area contributed by atoms with Gasteiger partial charge in [-0.05, 0) is 112 Å². The van der Waals surface area contributed by atoms with E-state index in [1.807, 2.05) is 98.0 Å². The van der Waals surface area contributed by atoms with Crippen LogP contribution in [0.15, 0.2) is 61.2 Å². The maximum atomic E-state index is 15.1. The number of terminal acetylenes is 2. The van der Waals surface area contributed by atoms with Crippen LogP contribution in [0, 0.1) is 24.7 Å². The Balaban J connectivity index is 1.14. The number of hydrogen-bond acceptors (Lipinski definition) is 13. The van der Waals surface area contributed by atoms with Gasteiger partial charge in [-0.3, -0.25) is 14.6 Å². The molecule has 2 fully saturated rings. The number of nitrogens with zero attached hydrogens (tertiary/aromatic N) is 6. The zero-order valence-electron chi connectivity index (χ0n) is 46.4. The molecule has 0 bridgehead atoms. The smallest absolute Gasteiger partial charge is 0.407 e. The van der Waals surface area contributed by atoms with E-state index in [1.54, 1.807) is 42.5 Å². The van der Waals surface area contributed by atoms with E-state index in [2.05, 4.69) is 47.5 Å². The minimum Gasteiger partial charge on any atom is -0.453 e. The van der Waals surface area contributed by atoms with Crippen molar-refractivity contribution in [1.29, 1.82) is 0 Å². The number of rotatable bonds is 19. The predicted octanol–water partition coefficient (Wildman–Crippen LogP) is 6.92. The second-order valence-electron chi connectivity index (χ2n) is 20.5. The number of nitrogens with one attached hydrogen (secondary N) is 6. The van der Waals surface area contributed by atoms with E-state index in [-0.39, 0.29) is 36.2 Å². The zero-order valence-corrected chi connectivity index (χ0v) is 46.4. The summed E-state index contributed by atoms with van der Waals surface area (Å²) in [4.78, 5) is 80.6. The average Bonchev–Trinajstić information content (AvgIpc) is 4.25. The lowest BCUT2D eigenvalue weighted by molar-refractivity contribution is -0.144. The summed E-state index contributed by atoms with van der Waals surface area (Å²) in [6, 6.07) is 7.28. The van der Waals surface area contributed by atoms with Crippen molar-refractivity contribution < 1.29 is 38.1 Å². The number of methoxy groups -OCH3 is 2. The third-order valence-electron chi connectivity index (χ3n) is 15.5. The molecule has 10 atom stereocenters. The first-order valence-corrected chi connectivity index (χ1v) is 26.5. The fourth-order valence-corrected chi connectivity index (χ4v) is 11.8. The van der Waals surface area contributed by atoms with Crippen molar-refractivity contribution in [3.8, 4) is 58.6 Å². The molecule has 77 heavy (non-hydrogen) atoms. The van der Waals surface area contributed by atoms with Gasteiger partial charge in [0, 0.05) is 11.8 Å². The van der Waals surface area contributed by atoms with Crippen LogP contribution in [0.5, 0.6) is 0 Å². The lowest BCUT2D eigenvalue weighted by Gasteiger charge is -2.48. The Morgan fingerprint density at radius 1 is 0.701 bits per heavy atom. The Bertz CT molecular complexity index is 2930. The van der Waals surface area contributed by atoms with Crippen molar-refractivity contribution in [2.45, 2.75) is 166 Å². The number of imidazole rings is 2. The molecule has 2 aliphatic heterocycles. The molecule has 0 spiro atoms. The third-order valence-corrected chi connectivity index (χ3v) is 15.5. The van der Waals surface area contributed by atoms with Crippen LogP contribution in [-0.4, -0.2) is 151 Å². The van der Waals surface area contributed by atoms with Crippen molar-refractivity contribution in [2.24, 2.45) is 0 Å². The molecule has 0 radical (unpaired) electrons. The Kier molecular flexibility index (Phi) is 18.2. The lowest BCUT2D eigenvalue weighted by Crippen LogP contribution is -2.69. The maximum absolute atomic E-state index is 15.1. The number of carbonyl (C=O) groups excluding carboxylic acids is 4. The van der Waals surface area contributed by atoms with Gasteiger partial charge >= 0.3 is 12.2 Å². The summed E-state index contributed by atoms with van der Waals surface area (Å²) in [5, 5.41) is 12.5. The number of likely N-dealkylation sites (N-methyl/N-ethyl adjacent to an activating group) is 2. The molecule has 2 aliphatic rings. The van der Waals surface area contributed by atoms with Gasteiger partial charge in [0.1, 0.15) is 29.4 Å². The van der Waals surface area contributed by atoms with Crippen LogP contribution in [0.25, 0.3) is 39.4 Å². The normalized spacial score (nSPS) is 23.7. The SMILES string of the molecule is C#CC(CC)N(C(=O)C(NC(=O)OC)C1(NC)CC(C)OC(C)C1)C(C)c1ncc(-c2ccc(-c3cnc(-c4cnc(C(C)N(C(=O)C(NC(=O)OC)C5(NC)CC(C)OC(C)C5)C(C#C)CC)[nH]4)c4cccn34)cc2)[nH]1. The van der Waals surface area contributed by atoms with Crippen molar-refractivity contribution >= 4 is 29.5 Å². The van der Waals surface area contributed by atoms with E-state index in [0.29, 0.717) is 61.6 Å². The van der Waals surface area contributed by atoms with Crippen LogP contribution >= 0.6 is 0 Å². The molecule has 10 unspecified atom stereocenters. The maximum Gasteiger partial charge on any atom is 0.407 e. The molecule has 20 heteroatoms. The van der Waals surface area contributed by atoms with Crippen LogP contribution in [0.1, 0.15) is 118 Å². The number of ether oxygens (including phenoxy) is 4. The highest BCUT2D eigenvalue weighted by molar-refractivity contribution is 5.89. The van der Waals surface area contributed by atoms with Crippen molar-refractivity contribution in [2.75, 3.05) is 28.3 Å². The summed E-state index contributed by atoms with van der Waals surface area (Å²) in [5.41, 5.74) is 3.65. The Morgan fingerprint density at radius 3 is 1.55 bits per heavy atom. The molecule has 412 valence electrons. The molecule has 7 rings (SSSR count). The first-order valence-electron chi connectivity index (χ1n) is 26.5. The van der Waals surface area contributed by atoms with E-state index in [1.165, 1.54) is 14.2 Å². The topological polar surface area (TPSA) is 234 Å². The quantitative estimate of drug-likeness (QED) is 0.0462. The molecule has 6 heterocycles. The van der Waals surface area contributed by atoms with Gasteiger partial charge in [0.15, 0.2) is 0 Å². The number of hydrogen-bond donors (Lipinski definition) is 6. The molecule has 0 aliphatic carbocycles. The highest BCUT2D eigenvalue weighted by Crippen LogP contribution is 2.38. The van der Waals surface area contributed by atoms with Gasteiger partial charge < -0.3 is 64.4 Å². The highest BCUT2D eigenvalue weighted by Gasteiger charge is 2.52. The summed E-state index contributed by atoms with van der Waals surface area (Å²) >= 11 is 0. The Morgan fingerprint density at radius 2 is 1.13 bits per heavy atom. The van der Waals surface area contributed by atoms with Gasteiger partial charge in [0.05, 0.1) is 115 Å². The summed E-state index contributed by atoms with van der Waals surface area (Å²) in [6.45, 7) is 15.4. The van der Waals surface area contributed by atoms with Gasteiger partial charge in [-0.1, -0.05) is 50.0 Å². The van der Waals surface area contributed by atoms with E-state index < -0.39 is 59.5 Å². The zero-order chi connectivity index (χ0) is 55.9. The average molecular weight is 1060 g/mol. The largest absolute Gasteiger partial charge is 0.453 e. The predicted molar refractivity (Wildman–Crippen MR) is 293 cm³/mol. The standard InChI is InChI=1S/C57H76N12O8/c1-15-41(16-2)68(52(70)48(65-54(72)74-13)56(58-11)26-33(5)76-34(6)27-56)37(9)50-61-30-43(63-50)39-21-23-40(24-22-39)46-32-60-47(45-20-19-25-67(45)46)44-31-62-51(64-44)38(10)69(42(17-3)18-4)53(71)49(66-55(73)75-14)57(59-12)28-35(7)77-36(8)29-57/h1,3,19-25,30-38,41-42,48-49,58-59H,16,18,26-29H2,2,4-14H3,(H,61,63)(H,62,64)(H,65,72)(H,66,73). The van der Waals surface area contributed by atoms with E-state index in [0.717, 1.165) is 28.0 Å². The molecular formula is C57H76N12O8. The van der Waals surface area contributed by atoms with Crippen LogP contribution < -0.4 is 21.3 Å². The van der Waals surface area contributed by atoms with E-state index in [4.69, 9.17) is 46.7 Å². The molecule has 5 aromatic rings. The van der Waals surface area contributed by atoms with Gasteiger partial charge in [0.2, 0.25) is 11.8 Å². The molecule has 6 N–H and O–H groups in total. The molecule has 0 saturated carbocycles. The Labute approximate surface area is 451 Å². The summed E-state index contributed by atoms with van der Waals surface area (Å²) < 4.78 is 24.2. The number of aromatic amines is 2. The number of H-pyrrole nitrogens is 2. The first kappa shape index (κ1) is 57.5. The molecule has 20 nitrogen and oxygen atoms in total. The molecule has 4 amide bonds. The first-order chi connectivity index (χ1) is 36.8. The number of carbonyl (C=O) groups is 4. The van der Waals surface area contributed by atoms with Crippen LogP contribution in [-0.2, 0) is 28.5 Å². The second kappa shape index (κ2) is 24.4. The van der Waals surface area contributed by atoms with E-state index in [9.17, 15) is 9.59 Å². The van der Waals surface area contributed by atoms with Crippen LogP contribution in [0.4, 0.5) is 9.59 Å². The Hall–Kier alpha value is -7.23. The van der Waals surface area contributed by atoms with Gasteiger partial charge in [-0.25, -0.2) is 19.6 Å². The molecule has 2 saturated heterocycles. The van der Waals surface area contributed by atoms with E-state index >= 15 is 9.59 Å². The molecule has 4 aromatic heterocycles. The summed E-state index contributed by atoms with van der Waals surface area (Å²) in [7, 11) is 6.11. The van der Waals surface area contributed by atoms with Gasteiger partial charge in [-0.15, -0.1) is 12.8 Å². The lowest BCUT2D eigenvalue weighted by atomic mass is 9.77. The highest BCUT2D eigenvalue weighted by atomic mass is 16.5. The summed E-state index contributed by atoms with van der Waals surface area (Å²) in [5.74, 6) is 5.87. The van der Waals surface area contributed by atoms with Gasteiger partial charge in [0.25, 0.3) is 0 Å². The number of amides is 4. The number of fused-ring (bicyclic) bond motifs is 1.